The highest BCUT2D eigenvalue weighted by Crippen LogP contribution is 2.26. The van der Waals surface area contributed by atoms with Crippen LogP contribution in [0, 0.1) is 5.92 Å². The first-order valence-electron chi connectivity index (χ1n) is 10.0. The molecule has 1 atom stereocenters. The van der Waals surface area contributed by atoms with Crippen LogP contribution in [-0.2, 0) is 22.7 Å². The fraction of sp³-hybridized carbons (Fsp3) is 0.619. The Kier molecular flexibility index (Phi) is 6.67. The van der Waals surface area contributed by atoms with E-state index in [1.165, 1.54) is 24.8 Å². The van der Waals surface area contributed by atoms with Crippen LogP contribution in [-0.4, -0.2) is 35.8 Å². The van der Waals surface area contributed by atoms with Crippen LogP contribution in [0.2, 0.25) is 0 Å². The fourth-order valence-corrected chi connectivity index (χ4v) is 3.65. The molecule has 0 aromatic heterocycles. The Labute approximate surface area is 156 Å². The van der Waals surface area contributed by atoms with Gasteiger partial charge in [-0.15, -0.1) is 0 Å². The van der Waals surface area contributed by atoms with E-state index in [4.69, 9.17) is 0 Å². The molecule has 3 rings (SSSR count). The number of hydrogen-bond donors (Lipinski definition) is 2. The molecule has 1 aromatic rings. The Balaban J connectivity index is 1.50. The summed E-state index contributed by atoms with van der Waals surface area (Å²) in [5, 5.41) is 5.82. The van der Waals surface area contributed by atoms with E-state index in [2.05, 4.69) is 33.7 Å². The van der Waals surface area contributed by atoms with E-state index in [1.54, 1.807) is 6.92 Å². The highest BCUT2D eigenvalue weighted by atomic mass is 16.2. The van der Waals surface area contributed by atoms with Gasteiger partial charge in [-0.2, -0.15) is 0 Å². The second kappa shape index (κ2) is 9.17. The molecular formula is C21H31N3O2. The lowest BCUT2D eigenvalue weighted by Crippen LogP contribution is -2.47. The van der Waals surface area contributed by atoms with E-state index < -0.39 is 6.04 Å². The lowest BCUT2D eigenvalue weighted by atomic mass is 9.84. The van der Waals surface area contributed by atoms with Gasteiger partial charge in [-0.3, -0.25) is 14.5 Å². The molecule has 26 heavy (non-hydrogen) atoms. The minimum Gasteiger partial charge on any atom is -0.350 e. The number of rotatable bonds is 7. The van der Waals surface area contributed by atoms with Crippen LogP contribution in [0.5, 0.6) is 0 Å². The van der Waals surface area contributed by atoms with Crippen molar-refractivity contribution in [3.8, 4) is 0 Å². The van der Waals surface area contributed by atoms with Gasteiger partial charge in [-0.25, -0.2) is 0 Å². The van der Waals surface area contributed by atoms with E-state index >= 15 is 0 Å². The Morgan fingerprint density at radius 3 is 2.42 bits per heavy atom. The summed E-state index contributed by atoms with van der Waals surface area (Å²) in [7, 11) is 0. The van der Waals surface area contributed by atoms with Crippen molar-refractivity contribution < 1.29 is 9.59 Å². The zero-order valence-electron chi connectivity index (χ0n) is 15.8. The maximum absolute atomic E-state index is 12.3. The summed E-state index contributed by atoms with van der Waals surface area (Å²) in [6, 6.07) is 7.82. The first-order valence-corrected chi connectivity index (χ1v) is 10.0. The second-order valence-corrected chi connectivity index (χ2v) is 7.68. The smallest absolute Gasteiger partial charge is 0.242 e. The molecule has 2 amide bonds. The van der Waals surface area contributed by atoms with Crippen molar-refractivity contribution >= 4 is 11.8 Å². The molecule has 1 aliphatic carbocycles. The number of amides is 2. The minimum atomic E-state index is -0.489. The molecule has 1 aliphatic heterocycles. The van der Waals surface area contributed by atoms with Crippen LogP contribution in [0.15, 0.2) is 24.3 Å². The number of carbonyl (C=O) groups excluding carboxylic acids is 2. The molecule has 5 nitrogen and oxygen atoms in total. The summed E-state index contributed by atoms with van der Waals surface area (Å²) in [4.78, 5) is 26.8. The van der Waals surface area contributed by atoms with Gasteiger partial charge in [0.2, 0.25) is 11.8 Å². The molecule has 0 unspecified atom stereocenters. The van der Waals surface area contributed by atoms with Gasteiger partial charge in [0.25, 0.3) is 0 Å². The predicted molar refractivity (Wildman–Crippen MR) is 102 cm³/mol. The molecule has 0 radical (unpaired) electrons. The van der Waals surface area contributed by atoms with E-state index in [1.807, 2.05) is 6.07 Å². The van der Waals surface area contributed by atoms with Crippen LogP contribution in [0.4, 0.5) is 0 Å². The van der Waals surface area contributed by atoms with Crippen molar-refractivity contribution in [3.63, 3.8) is 0 Å². The summed E-state index contributed by atoms with van der Waals surface area (Å²) in [6.45, 7) is 5.52. The zero-order valence-corrected chi connectivity index (χ0v) is 15.8. The first-order chi connectivity index (χ1) is 12.6. The normalized spacial score (nSPS) is 19.4. The largest absolute Gasteiger partial charge is 0.350 e. The fourth-order valence-electron chi connectivity index (χ4n) is 3.65. The van der Waals surface area contributed by atoms with Crippen molar-refractivity contribution in [1.82, 2.24) is 15.5 Å². The number of likely N-dealkylation sites (tertiary alicyclic amines) is 1. The van der Waals surface area contributed by atoms with Crippen molar-refractivity contribution in [2.45, 2.75) is 64.6 Å². The number of carbonyl (C=O) groups is 2. The number of benzene rings is 1. The molecule has 1 heterocycles. The average molecular weight is 357 g/mol. The quantitative estimate of drug-likeness (QED) is 0.788. The van der Waals surface area contributed by atoms with Crippen molar-refractivity contribution in [2.24, 2.45) is 5.92 Å². The maximum Gasteiger partial charge on any atom is 0.242 e. The van der Waals surface area contributed by atoms with Crippen LogP contribution in [0.1, 0.15) is 56.6 Å². The van der Waals surface area contributed by atoms with E-state index in [0.29, 0.717) is 6.54 Å². The summed E-state index contributed by atoms with van der Waals surface area (Å²) in [5.74, 6) is 0.00497. The van der Waals surface area contributed by atoms with Crippen LogP contribution < -0.4 is 10.6 Å². The summed E-state index contributed by atoms with van der Waals surface area (Å²) in [6.07, 6.45) is 6.90. The van der Waals surface area contributed by atoms with Gasteiger partial charge in [-0.05, 0) is 56.8 Å². The molecule has 2 fully saturated rings. The topological polar surface area (TPSA) is 61.4 Å². The van der Waals surface area contributed by atoms with E-state index in [0.717, 1.165) is 44.5 Å². The third-order valence-electron chi connectivity index (χ3n) is 5.64. The molecule has 1 saturated heterocycles. The Morgan fingerprint density at radius 2 is 1.77 bits per heavy atom. The van der Waals surface area contributed by atoms with Gasteiger partial charge >= 0.3 is 0 Å². The van der Waals surface area contributed by atoms with Gasteiger partial charge in [0.05, 0.1) is 0 Å². The average Bonchev–Trinajstić information content (AvgIpc) is 2.60. The minimum absolute atomic E-state index is 0.0180. The molecule has 0 bridgehead atoms. The van der Waals surface area contributed by atoms with Crippen molar-refractivity contribution in [1.29, 1.82) is 0 Å². The van der Waals surface area contributed by atoms with E-state index in [9.17, 15) is 9.59 Å². The maximum atomic E-state index is 12.3. The number of piperidine rings is 1. The number of hydrogen-bond acceptors (Lipinski definition) is 3. The van der Waals surface area contributed by atoms with Gasteiger partial charge in [-0.1, -0.05) is 37.1 Å². The van der Waals surface area contributed by atoms with Crippen molar-refractivity contribution in [3.05, 3.63) is 35.4 Å². The van der Waals surface area contributed by atoms with Crippen LogP contribution in [0.3, 0.4) is 0 Å². The Morgan fingerprint density at radius 1 is 1.08 bits per heavy atom. The van der Waals surface area contributed by atoms with Gasteiger partial charge in [0.1, 0.15) is 6.04 Å². The highest BCUT2D eigenvalue weighted by Gasteiger charge is 2.27. The van der Waals surface area contributed by atoms with Gasteiger partial charge in [0, 0.05) is 19.0 Å². The Bertz CT molecular complexity index is 621. The summed E-state index contributed by atoms with van der Waals surface area (Å²) >= 11 is 0. The second-order valence-electron chi connectivity index (χ2n) is 7.68. The van der Waals surface area contributed by atoms with Crippen molar-refractivity contribution in [2.75, 3.05) is 13.1 Å². The lowest BCUT2D eigenvalue weighted by molar-refractivity contribution is -0.132. The third kappa shape index (κ3) is 5.07. The van der Waals surface area contributed by atoms with Gasteiger partial charge < -0.3 is 10.6 Å². The number of nitrogens with one attached hydrogen (secondary N) is 2. The van der Waals surface area contributed by atoms with Gasteiger partial charge in [0.15, 0.2) is 0 Å². The predicted octanol–water partition coefficient (Wildman–Crippen LogP) is 2.59. The SMILES string of the molecule is C[C@@H](NC(=O)C1CCC1)C(=O)NCc1ccccc1CN1CCCCC1. The molecule has 2 N–H and O–H groups in total. The summed E-state index contributed by atoms with van der Waals surface area (Å²) < 4.78 is 0. The first kappa shape index (κ1) is 18.9. The molecule has 1 aromatic carbocycles. The van der Waals surface area contributed by atoms with Crippen LogP contribution in [0.25, 0.3) is 0 Å². The molecule has 5 heteroatoms. The standard InChI is InChI=1S/C21H31N3O2/c1-16(23-21(26)17-10-7-11-17)20(25)22-14-18-8-3-4-9-19(18)15-24-12-5-2-6-13-24/h3-4,8-9,16-17H,2,5-7,10-15H2,1H3,(H,22,25)(H,23,26)/t16-/m1/s1. The lowest BCUT2D eigenvalue weighted by Gasteiger charge is -2.27. The monoisotopic (exact) mass is 357 g/mol. The Hall–Kier alpha value is -1.88. The summed E-state index contributed by atoms with van der Waals surface area (Å²) in [5.41, 5.74) is 2.43. The molecule has 1 saturated carbocycles. The third-order valence-corrected chi connectivity index (χ3v) is 5.64. The molecular weight excluding hydrogens is 326 g/mol. The molecule has 142 valence electrons. The van der Waals surface area contributed by atoms with Crippen LogP contribution >= 0.6 is 0 Å². The zero-order chi connectivity index (χ0) is 18.4. The van der Waals surface area contributed by atoms with E-state index in [-0.39, 0.29) is 17.7 Å². The molecule has 2 aliphatic rings. The molecule has 0 spiro atoms. The number of nitrogens with zero attached hydrogens (tertiary/aromatic N) is 1. The highest BCUT2D eigenvalue weighted by molar-refractivity contribution is 5.88.